The lowest BCUT2D eigenvalue weighted by atomic mass is 10.1. The Hall–Kier alpha value is -2.38. The van der Waals surface area contributed by atoms with Gasteiger partial charge in [0.25, 0.3) is 5.69 Å². The number of nitrogens with one attached hydrogen (secondary N) is 1. The average molecular weight is 279 g/mol. The summed E-state index contributed by atoms with van der Waals surface area (Å²) in [5, 5.41) is 13.9. The molecule has 2 rings (SSSR count). The number of piperidine rings is 1. The predicted molar refractivity (Wildman–Crippen MR) is 73.4 cm³/mol. The molecule has 1 aromatic heterocycles. The van der Waals surface area contributed by atoms with Gasteiger partial charge in [0, 0.05) is 25.2 Å². The van der Waals surface area contributed by atoms with Gasteiger partial charge in [-0.1, -0.05) is 0 Å². The highest BCUT2D eigenvalue weighted by Crippen LogP contribution is 2.20. The molecule has 0 aliphatic carbocycles. The third kappa shape index (κ3) is 3.14. The van der Waals surface area contributed by atoms with Gasteiger partial charge in [0.05, 0.1) is 4.92 Å². The molecule has 1 atom stereocenters. The van der Waals surface area contributed by atoms with Crippen molar-refractivity contribution in [2.45, 2.75) is 25.8 Å². The molecule has 0 bridgehead atoms. The first-order valence-corrected chi connectivity index (χ1v) is 6.40. The zero-order valence-electron chi connectivity index (χ0n) is 11.2. The summed E-state index contributed by atoms with van der Waals surface area (Å²) in [6.07, 6.45) is 1.77. The molecule has 2 amide bonds. The molecule has 0 aromatic carbocycles. The third-order valence-corrected chi connectivity index (χ3v) is 3.34. The predicted octanol–water partition coefficient (Wildman–Crippen LogP) is 1.25. The SMILES string of the molecule is Cc1nc(NC2CCCN(C(N)=O)C2)ccc1[N+](=O)[O-]. The van der Waals surface area contributed by atoms with Crippen molar-refractivity contribution >= 4 is 17.5 Å². The highest BCUT2D eigenvalue weighted by atomic mass is 16.6. The number of amides is 2. The van der Waals surface area contributed by atoms with Gasteiger partial charge in [-0.15, -0.1) is 0 Å². The van der Waals surface area contributed by atoms with E-state index in [2.05, 4.69) is 10.3 Å². The maximum absolute atomic E-state index is 11.2. The number of rotatable bonds is 3. The number of carbonyl (C=O) groups is 1. The van der Waals surface area contributed by atoms with Crippen LogP contribution in [0.3, 0.4) is 0 Å². The molecule has 0 saturated carbocycles. The van der Waals surface area contributed by atoms with Crippen LogP contribution < -0.4 is 11.1 Å². The summed E-state index contributed by atoms with van der Waals surface area (Å²) in [6, 6.07) is 2.64. The number of likely N-dealkylation sites (tertiary alicyclic amines) is 1. The monoisotopic (exact) mass is 279 g/mol. The number of carbonyl (C=O) groups excluding carboxylic acids is 1. The van der Waals surface area contributed by atoms with E-state index in [0.29, 0.717) is 24.6 Å². The van der Waals surface area contributed by atoms with Crippen LogP contribution in [0, 0.1) is 17.0 Å². The topological polar surface area (TPSA) is 114 Å². The number of aromatic nitrogens is 1. The van der Waals surface area contributed by atoms with Crippen LogP contribution in [-0.2, 0) is 0 Å². The Kier molecular flexibility index (Phi) is 4.02. The summed E-state index contributed by atoms with van der Waals surface area (Å²) in [7, 11) is 0. The second kappa shape index (κ2) is 5.72. The van der Waals surface area contributed by atoms with E-state index in [1.54, 1.807) is 17.9 Å². The van der Waals surface area contributed by atoms with Crippen molar-refractivity contribution in [2.75, 3.05) is 18.4 Å². The van der Waals surface area contributed by atoms with Crippen molar-refractivity contribution in [3.8, 4) is 0 Å². The molecule has 1 fully saturated rings. The van der Waals surface area contributed by atoms with Gasteiger partial charge in [0.15, 0.2) is 0 Å². The van der Waals surface area contributed by atoms with E-state index in [9.17, 15) is 14.9 Å². The van der Waals surface area contributed by atoms with Crippen molar-refractivity contribution in [1.82, 2.24) is 9.88 Å². The normalized spacial score (nSPS) is 18.6. The lowest BCUT2D eigenvalue weighted by molar-refractivity contribution is -0.385. The molecule has 20 heavy (non-hydrogen) atoms. The first kappa shape index (κ1) is 14.0. The van der Waals surface area contributed by atoms with Gasteiger partial charge < -0.3 is 16.0 Å². The minimum atomic E-state index is -0.457. The lowest BCUT2D eigenvalue weighted by Crippen LogP contribution is -2.47. The van der Waals surface area contributed by atoms with Crippen LogP contribution in [0.25, 0.3) is 0 Å². The number of nitrogens with zero attached hydrogens (tertiary/aromatic N) is 3. The summed E-state index contributed by atoms with van der Waals surface area (Å²) < 4.78 is 0. The molecule has 8 nitrogen and oxygen atoms in total. The standard InChI is InChI=1S/C12H17N5O3/c1-8-10(17(19)20)4-5-11(14-8)15-9-3-2-6-16(7-9)12(13)18/h4-5,9H,2-3,6-7H2,1H3,(H2,13,18)(H,14,15). The number of nitrogens with two attached hydrogens (primary N) is 1. The Labute approximate surface area is 116 Å². The van der Waals surface area contributed by atoms with Crippen LogP contribution in [0.2, 0.25) is 0 Å². The van der Waals surface area contributed by atoms with Crippen LogP contribution in [0.1, 0.15) is 18.5 Å². The molecule has 3 N–H and O–H groups in total. The Balaban J connectivity index is 2.04. The van der Waals surface area contributed by atoms with Gasteiger partial charge in [-0.3, -0.25) is 10.1 Å². The van der Waals surface area contributed by atoms with E-state index in [0.717, 1.165) is 12.8 Å². The Bertz CT molecular complexity index is 534. The molecule has 8 heteroatoms. The molecule has 1 saturated heterocycles. The van der Waals surface area contributed by atoms with Crippen LogP contribution in [0.15, 0.2) is 12.1 Å². The molecule has 1 aliphatic heterocycles. The second-order valence-corrected chi connectivity index (χ2v) is 4.83. The quantitative estimate of drug-likeness (QED) is 0.638. The fraction of sp³-hybridized carbons (Fsp3) is 0.500. The molecule has 0 radical (unpaired) electrons. The smallest absolute Gasteiger partial charge is 0.314 e. The largest absolute Gasteiger partial charge is 0.366 e. The van der Waals surface area contributed by atoms with Crippen LogP contribution in [0.5, 0.6) is 0 Å². The molecular weight excluding hydrogens is 262 g/mol. The van der Waals surface area contributed by atoms with Crippen molar-refractivity contribution in [1.29, 1.82) is 0 Å². The van der Waals surface area contributed by atoms with Gasteiger partial charge in [0.2, 0.25) is 0 Å². The molecule has 0 spiro atoms. The van der Waals surface area contributed by atoms with E-state index < -0.39 is 11.0 Å². The van der Waals surface area contributed by atoms with Crippen molar-refractivity contribution in [3.63, 3.8) is 0 Å². The molecule has 1 aliphatic rings. The summed E-state index contributed by atoms with van der Waals surface area (Å²) >= 11 is 0. The van der Waals surface area contributed by atoms with Crippen molar-refractivity contribution < 1.29 is 9.72 Å². The van der Waals surface area contributed by atoms with Crippen LogP contribution in [0.4, 0.5) is 16.3 Å². The number of primary amides is 1. The summed E-state index contributed by atoms with van der Waals surface area (Å²) in [5.41, 5.74) is 5.63. The molecule has 1 aromatic rings. The summed E-state index contributed by atoms with van der Waals surface area (Å²) in [6.45, 7) is 2.78. The van der Waals surface area contributed by atoms with Gasteiger partial charge >= 0.3 is 6.03 Å². The van der Waals surface area contributed by atoms with Crippen molar-refractivity contribution in [3.05, 3.63) is 27.9 Å². The summed E-state index contributed by atoms with van der Waals surface area (Å²) in [5.74, 6) is 0.574. The first-order chi connectivity index (χ1) is 9.47. The molecule has 1 unspecified atom stereocenters. The number of hydrogen-bond donors (Lipinski definition) is 2. The lowest BCUT2D eigenvalue weighted by Gasteiger charge is -2.32. The number of aryl methyl sites for hydroxylation is 1. The van der Waals surface area contributed by atoms with Crippen molar-refractivity contribution in [2.24, 2.45) is 5.73 Å². The number of urea groups is 1. The zero-order chi connectivity index (χ0) is 14.7. The Morgan fingerprint density at radius 1 is 1.60 bits per heavy atom. The highest BCUT2D eigenvalue weighted by Gasteiger charge is 2.22. The van der Waals surface area contributed by atoms with Gasteiger partial charge in [0.1, 0.15) is 11.5 Å². The average Bonchev–Trinajstić information content (AvgIpc) is 2.38. The summed E-state index contributed by atoms with van der Waals surface area (Å²) in [4.78, 5) is 27.2. The number of nitro groups is 1. The maximum Gasteiger partial charge on any atom is 0.314 e. The third-order valence-electron chi connectivity index (χ3n) is 3.34. The molecular formula is C12H17N5O3. The zero-order valence-corrected chi connectivity index (χ0v) is 11.2. The molecule has 108 valence electrons. The number of hydrogen-bond acceptors (Lipinski definition) is 5. The van der Waals surface area contributed by atoms with E-state index in [-0.39, 0.29) is 11.7 Å². The first-order valence-electron chi connectivity index (χ1n) is 6.40. The van der Waals surface area contributed by atoms with E-state index in [1.165, 1.54) is 6.07 Å². The molecule has 2 heterocycles. The van der Waals surface area contributed by atoms with E-state index in [4.69, 9.17) is 5.73 Å². The van der Waals surface area contributed by atoms with E-state index in [1.807, 2.05) is 0 Å². The second-order valence-electron chi connectivity index (χ2n) is 4.83. The fourth-order valence-corrected chi connectivity index (χ4v) is 2.33. The Morgan fingerprint density at radius 3 is 2.95 bits per heavy atom. The van der Waals surface area contributed by atoms with Gasteiger partial charge in [-0.25, -0.2) is 9.78 Å². The number of anilines is 1. The van der Waals surface area contributed by atoms with Gasteiger partial charge in [-0.05, 0) is 25.8 Å². The maximum atomic E-state index is 11.2. The minimum Gasteiger partial charge on any atom is -0.366 e. The van der Waals surface area contributed by atoms with Crippen LogP contribution >= 0.6 is 0 Å². The van der Waals surface area contributed by atoms with Gasteiger partial charge in [-0.2, -0.15) is 0 Å². The van der Waals surface area contributed by atoms with Crippen LogP contribution in [-0.4, -0.2) is 40.0 Å². The Morgan fingerprint density at radius 2 is 2.35 bits per heavy atom. The minimum absolute atomic E-state index is 0.00189. The highest BCUT2D eigenvalue weighted by molar-refractivity contribution is 5.72. The van der Waals surface area contributed by atoms with E-state index >= 15 is 0 Å². The number of pyridine rings is 1. The fourth-order valence-electron chi connectivity index (χ4n) is 2.33.